The summed E-state index contributed by atoms with van der Waals surface area (Å²) in [6, 6.07) is 75.1. The smallest absolute Gasteiger partial charge is 0.0726 e. The van der Waals surface area contributed by atoms with Crippen molar-refractivity contribution < 1.29 is 6.85 Å². The fraction of sp³-hybridized carbons (Fsp3) is 0.0164. The molecule has 0 N–H and O–H groups in total. The van der Waals surface area contributed by atoms with E-state index in [9.17, 15) is 0 Å². The molecule has 1 aromatic heterocycles. The molecule has 0 saturated carbocycles. The molecule has 0 amide bonds. The highest BCUT2D eigenvalue weighted by atomic mass is 15.1. The maximum Gasteiger partial charge on any atom is 0.0726 e. The molecule has 64 heavy (non-hydrogen) atoms. The second-order valence-electron chi connectivity index (χ2n) is 16.5. The van der Waals surface area contributed by atoms with Crippen LogP contribution in [0.5, 0.6) is 0 Å². The van der Waals surface area contributed by atoms with E-state index in [-0.39, 0.29) is 29.9 Å². The molecule has 3 nitrogen and oxygen atoms in total. The minimum absolute atomic E-state index is 0.0955. The molecule has 0 bridgehead atoms. The number of para-hydroxylation sites is 5. The van der Waals surface area contributed by atoms with Gasteiger partial charge in [0, 0.05) is 50.6 Å². The first-order chi connectivity index (χ1) is 33.8. The highest BCUT2D eigenvalue weighted by Crippen LogP contribution is 2.64. The maximum atomic E-state index is 9.10. The van der Waals surface area contributed by atoms with Crippen molar-refractivity contribution in [1.29, 1.82) is 0 Å². The minimum Gasteiger partial charge on any atom is -0.310 e. The Morgan fingerprint density at radius 1 is 0.328 bits per heavy atom. The number of hydrogen-bond donors (Lipinski definition) is 0. The lowest BCUT2D eigenvalue weighted by Crippen LogP contribution is -2.26. The molecule has 0 fully saturated rings. The van der Waals surface area contributed by atoms with Gasteiger partial charge in [0.1, 0.15) is 0 Å². The summed E-state index contributed by atoms with van der Waals surface area (Å²) >= 11 is 0. The Bertz CT molecular complexity index is 3840. The summed E-state index contributed by atoms with van der Waals surface area (Å²) in [6.45, 7) is 0. The van der Waals surface area contributed by atoms with E-state index < -0.39 is 11.5 Å². The van der Waals surface area contributed by atoms with Crippen LogP contribution in [0.1, 0.15) is 29.1 Å². The van der Waals surface area contributed by atoms with Crippen LogP contribution in [0.2, 0.25) is 0 Å². The van der Waals surface area contributed by atoms with Gasteiger partial charge in [-0.3, -0.25) is 0 Å². The van der Waals surface area contributed by atoms with Gasteiger partial charge >= 0.3 is 0 Å². The fourth-order valence-electron chi connectivity index (χ4n) is 10.7. The van der Waals surface area contributed by atoms with Crippen LogP contribution in [-0.2, 0) is 5.41 Å². The van der Waals surface area contributed by atoms with Crippen LogP contribution >= 0.6 is 0 Å². The highest BCUT2D eigenvalue weighted by molar-refractivity contribution is 6.11. The Balaban J connectivity index is 1.03. The summed E-state index contributed by atoms with van der Waals surface area (Å²) < 4.78 is 46.2. The van der Waals surface area contributed by atoms with Crippen molar-refractivity contribution >= 4 is 55.9 Å². The molecular weight excluding hydrogens is 775 g/mol. The van der Waals surface area contributed by atoms with Crippen molar-refractivity contribution in [1.82, 2.24) is 4.57 Å². The van der Waals surface area contributed by atoms with Gasteiger partial charge in [0.2, 0.25) is 0 Å². The summed E-state index contributed by atoms with van der Waals surface area (Å²) in [5, 5.41) is 2.35. The summed E-state index contributed by atoms with van der Waals surface area (Å²) in [5.74, 6) is 0. The van der Waals surface area contributed by atoms with Crippen LogP contribution in [-0.4, -0.2) is 4.57 Å². The van der Waals surface area contributed by atoms with E-state index in [1.54, 1.807) is 4.90 Å². The van der Waals surface area contributed by atoms with Gasteiger partial charge in [0.15, 0.2) is 0 Å². The summed E-state index contributed by atoms with van der Waals surface area (Å²) in [5.41, 5.74) is 16.4. The predicted octanol–water partition coefficient (Wildman–Crippen LogP) is 16.1. The first-order valence-electron chi connectivity index (χ1n) is 24.2. The summed E-state index contributed by atoms with van der Waals surface area (Å²) in [7, 11) is 0. The Morgan fingerprint density at radius 2 is 0.828 bits per heavy atom. The average Bonchev–Trinajstić information content (AvgIpc) is 4.01. The lowest BCUT2D eigenvalue weighted by molar-refractivity contribution is 0.793. The molecule has 10 aromatic carbocycles. The van der Waals surface area contributed by atoms with E-state index in [1.807, 2.05) is 36.4 Å². The molecule has 0 aliphatic heterocycles. The number of rotatable bonds is 7. The van der Waals surface area contributed by atoms with Crippen molar-refractivity contribution in [3.8, 4) is 27.9 Å². The van der Waals surface area contributed by atoms with Crippen LogP contribution in [0, 0.1) is 0 Å². The Morgan fingerprint density at radius 3 is 1.55 bits per heavy atom. The normalized spacial score (nSPS) is 15.4. The minimum atomic E-state index is -0.698. The van der Waals surface area contributed by atoms with E-state index >= 15 is 0 Å². The first kappa shape index (κ1) is 31.4. The van der Waals surface area contributed by atoms with E-state index in [0.717, 1.165) is 56.0 Å². The number of aromatic nitrogens is 1. The van der Waals surface area contributed by atoms with E-state index in [1.165, 1.54) is 33.0 Å². The molecule has 1 spiro atoms. The van der Waals surface area contributed by atoms with Crippen molar-refractivity contribution in [3.63, 3.8) is 0 Å². The zero-order chi connectivity index (χ0) is 46.5. The zero-order valence-electron chi connectivity index (χ0n) is 39.6. The van der Waals surface area contributed by atoms with E-state index in [4.69, 9.17) is 6.85 Å². The van der Waals surface area contributed by atoms with Gasteiger partial charge < -0.3 is 14.4 Å². The third-order valence-electron chi connectivity index (χ3n) is 13.2. The van der Waals surface area contributed by atoms with Gasteiger partial charge in [0.25, 0.3) is 0 Å². The predicted molar refractivity (Wildman–Crippen MR) is 266 cm³/mol. The van der Waals surface area contributed by atoms with Gasteiger partial charge in [0.05, 0.1) is 23.3 Å². The van der Waals surface area contributed by atoms with Crippen LogP contribution in [0.15, 0.2) is 249 Å². The molecule has 11 aromatic rings. The van der Waals surface area contributed by atoms with Gasteiger partial charge in [-0.15, -0.1) is 0 Å². The van der Waals surface area contributed by atoms with Crippen LogP contribution < -0.4 is 9.80 Å². The second kappa shape index (κ2) is 14.3. The van der Waals surface area contributed by atoms with Gasteiger partial charge in [-0.05, 0) is 142 Å². The van der Waals surface area contributed by atoms with E-state index in [0.29, 0.717) is 11.4 Å². The SMILES string of the molecule is [2H]c1c([2H])c([2H])c(N(c2ccccc2)c2ccc3c(c2)-c2ccccc2C32c3ccccc3-c3ccc(N(c4ccccc4)c4ccc5c(c4)c4ccccc4n5-c4ccccc4)cc32)c([2H])c1[2H]. The van der Waals surface area contributed by atoms with Crippen LogP contribution in [0.4, 0.5) is 34.1 Å². The van der Waals surface area contributed by atoms with Crippen molar-refractivity contribution in [3.05, 3.63) is 271 Å². The molecule has 0 radical (unpaired) electrons. The molecule has 1 unspecified atom stereocenters. The third kappa shape index (κ3) is 5.28. The maximum absolute atomic E-state index is 9.10. The number of nitrogens with zero attached hydrogens (tertiary/aromatic N) is 3. The molecule has 1 atom stereocenters. The zero-order valence-corrected chi connectivity index (χ0v) is 34.6. The molecule has 1 heterocycles. The lowest BCUT2D eigenvalue weighted by Gasteiger charge is -2.32. The summed E-state index contributed by atoms with van der Waals surface area (Å²) in [4.78, 5) is 4.17. The molecule has 3 heteroatoms. The average molecular weight is 821 g/mol. The van der Waals surface area contributed by atoms with Crippen molar-refractivity contribution in [2.45, 2.75) is 5.41 Å². The summed E-state index contributed by atoms with van der Waals surface area (Å²) in [6.07, 6.45) is 0. The topological polar surface area (TPSA) is 11.4 Å². The Labute approximate surface area is 380 Å². The number of benzene rings is 10. The number of fused-ring (bicyclic) bond motifs is 13. The quantitative estimate of drug-likeness (QED) is 0.159. The Hall–Kier alpha value is -8.40. The molecule has 2 aliphatic carbocycles. The highest BCUT2D eigenvalue weighted by Gasteiger charge is 2.52. The largest absolute Gasteiger partial charge is 0.310 e. The molecule has 0 saturated heterocycles. The standard InChI is InChI=1S/C61H41N3/c1-5-19-42(20-6-1)62(43-21-7-2-8-22-43)46-34-37-57-53(39-46)50-28-14-17-31-56(50)61(57)55-30-16-13-27-49(55)51-36-33-48(41-58(51)61)63(44-23-9-3-10-24-44)47-35-38-60-54(40-47)52-29-15-18-32-59(52)64(60)45-25-11-4-12-26-45/h1-41H/i1D,5D,6D,19D,20D. The molecule has 300 valence electrons. The van der Waals surface area contributed by atoms with Crippen LogP contribution in [0.25, 0.3) is 49.7 Å². The van der Waals surface area contributed by atoms with Gasteiger partial charge in [-0.2, -0.15) is 0 Å². The molecular formula is C61H41N3. The monoisotopic (exact) mass is 820 g/mol. The first-order valence-corrected chi connectivity index (χ1v) is 21.7. The van der Waals surface area contributed by atoms with Crippen molar-refractivity contribution in [2.75, 3.05) is 9.80 Å². The molecule has 13 rings (SSSR count). The Kier molecular flexibility index (Phi) is 7.04. The number of hydrogen-bond acceptors (Lipinski definition) is 2. The van der Waals surface area contributed by atoms with Crippen molar-refractivity contribution in [2.24, 2.45) is 0 Å². The van der Waals surface area contributed by atoms with E-state index in [2.05, 4.69) is 191 Å². The number of anilines is 6. The second-order valence-corrected chi connectivity index (χ2v) is 16.5. The van der Waals surface area contributed by atoms with Crippen LogP contribution in [0.3, 0.4) is 0 Å². The van der Waals surface area contributed by atoms with Gasteiger partial charge in [-0.25, -0.2) is 0 Å². The third-order valence-corrected chi connectivity index (χ3v) is 13.2. The molecule has 2 aliphatic rings. The fourth-order valence-corrected chi connectivity index (χ4v) is 10.7. The lowest BCUT2D eigenvalue weighted by atomic mass is 9.70. The van der Waals surface area contributed by atoms with Gasteiger partial charge in [-0.1, -0.05) is 152 Å².